The van der Waals surface area contributed by atoms with Crippen LogP contribution in [0.25, 0.3) is 0 Å². The summed E-state index contributed by atoms with van der Waals surface area (Å²) in [4.78, 5) is 12.5. The zero-order valence-electron chi connectivity index (χ0n) is 14.3. The molecule has 1 aliphatic rings. The van der Waals surface area contributed by atoms with Gasteiger partial charge in [0.1, 0.15) is 0 Å². The van der Waals surface area contributed by atoms with Crippen molar-refractivity contribution in [2.45, 2.75) is 78.3 Å². The summed E-state index contributed by atoms with van der Waals surface area (Å²) >= 11 is 0. The minimum Gasteiger partial charge on any atom is -0.343 e. The van der Waals surface area contributed by atoms with Gasteiger partial charge in [-0.1, -0.05) is 19.3 Å². The van der Waals surface area contributed by atoms with Crippen LogP contribution < -0.4 is 5.32 Å². The van der Waals surface area contributed by atoms with Crippen LogP contribution in [0.1, 0.15) is 74.6 Å². The number of nitrogens with zero attached hydrogens (tertiary/aromatic N) is 1. The normalized spacial score (nSPS) is 17.2. The van der Waals surface area contributed by atoms with Crippen molar-refractivity contribution in [3.63, 3.8) is 0 Å². The van der Waals surface area contributed by atoms with E-state index >= 15 is 0 Å². The second kappa shape index (κ2) is 6.35. The maximum absolute atomic E-state index is 12.5. The molecule has 1 heterocycles. The van der Waals surface area contributed by atoms with Gasteiger partial charge in [-0.15, -0.1) is 0 Å². The third-order valence-corrected chi connectivity index (χ3v) is 4.56. The van der Waals surface area contributed by atoms with E-state index in [0.29, 0.717) is 12.6 Å². The van der Waals surface area contributed by atoms with Crippen molar-refractivity contribution in [3.05, 3.63) is 23.0 Å². The van der Waals surface area contributed by atoms with Gasteiger partial charge in [0.2, 0.25) is 0 Å². The fourth-order valence-electron chi connectivity index (χ4n) is 3.72. The van der Waals surface area contributed by atoms with Crippen LogP contribution in [0.2, 0.25) is 0 Å². The Bertz CT molecular complexity index is 502. The second-order valence-corrected chi connectivity index (χ2v) is 7.43. The monoisotopic (exact) mass is 290 g/mol. The van der Waals surface area contributed by atoms with E-state index in [1.165, 1.54) is 37.8 Å². The van der Waals surface area contributed by atoms with Gasteiger partial charge in [0.25, 0.3) is 0 Å². The number of aromatic nitrogens is 1. The third-order valence-electron chi connectivity index (χ3n) is 4.56. The number of hydrogen-bond donors (Lipinski definition) is 1. The van der Waals surface area contributed by atoms with Crippen LogP contribution in [0.4, 0.5) is 0 Å². The Morgan fingerprint density at radius 3 is 2.38 bits per heavy atom. The minimum absolute atomic E-state index is 0.0174. The van der Waals surface area contributed by atoms with Crippen LogP contribution in [-0.4, -0.2) is 22.9 Å². The van der Waals surface area contributed by atoms with Gasteiger partial charge in [0.15, 0.2) is 5.78 Å². The highest BCUT2D eigenvalue weighted by molar-refractivity contribution is 5.99. The van der Waals surface area contributed by atoms with E-state index in [1.807, 2.05) is 6.07 Å². The smallest absolute Gasteiger partial charge is 0.178 e. The van der Waals surface area contributed by atoms with E-state index in [4.69, 9.17) is 0 Å². The lowest BCUT2D eigenvalue weighted by molar-refractivity contribution is 0.0984. The Hall–Kier alpha value is -1.09. The predicted molar refractivity (Wildman–Crippen MR) is 88.1 cm³/mol. The molecule has 3 heteroatoms. The zero-order chi connectivity index (χ0) is 15.6. The molecule has 0 aromatic carbocycles. The standard InChI is InChI=1S/C18H30N2O/c1-13-11-16(14(2)20(13)18(3,4)5)17(21)12-19-15-9-7-6-8-10-15/h11,15,19H,6-10,12H2,1-5H3. The molecular weight excluding hydrogens is 260 g/mol. The van der Waals surface area contributed by atoms with Crippen molar-refractivity contribution >= 4 is 5.78 Å². The fourth-order valence-corrected chi connectivity index (χ4v) is 3.72. The van der Waals surface area contributed by atoms with Crippen LogP contribution in [0.3, 0.4) is 0 Å². The lowest BCUT2D eigenvalue weighted by Gasteiger charge is -2.26. The van der Waals surface area contributed by atoms with E-state index < -0.39 is 0 Å². The highest BCUT2D eigenvalue weighted by atomic mass is 16.1. The number of nitrogens with one attached hydrogen (secondary N) is 1. The summed E-state index contributed by atoms with van der Waals surface area (Å²) in [7, 11) is 0. The van der Waals surface area contributed by atoms with Crippen molar-refractivity contribution in [3.8, 4) is 0 Å². The largest absolute Gasteiger partial charge is 0.343 e. The summed E-state index contributed by atoms with van der Waals surface area (Å²) in [6.45, 7) is 11.2. The average molecular weight is 290 g/mol. The van der Waals surface area contributed by atoms with E-state index in [1.54, 1.807) is 0 Å². The van der Waals surface area contributed by atoms with E-state index in [-0.39, 0.29) is 11.3 Å². The lowest BCUT2D eigenvalue weighted by Crippen LogP contribution is -2.35. The van der Waals surface area contributed by atoms with Crippen LogP contribution >= 0.6 is 0 Å². The molecule has 0 atom stereocenters. The van der Waals surface area contributed by atoms with Gasteiger partial charge in [0, 0.05) is 28.5 Å². The summed E-state index contributed by atoms with van der Waals surface area (Å²) in [5, 5.41) is 3.46. The Labute approximate surface area is 129 Å². The van der Waals surface area contributed by atoms with Crippen molar-refractivity contribution < 1.29 is 4.79 Å². The van der Waals surface area contributed by atoms with Gasteiger partial charge in [-0.25, -0.2) is 0 Å². The molecule has 1 saturated carbocycles. The van der Waals surface area contributed by atoms with Gasteiger partial charge >= 0.3 is 0 Å². The molecule has 21 heavy (non-hydrogen) atoms. The summed E-state index contributed by atoms with van der Waals surface area (Å²) in [6, 6.07) is 2.58. The van der Waals surface area contributed by atoms with Crippen LogP contribution in [0.15, 0.2) is 6.07 Å². The summed E-state index contributed by atoms with van der Waals surface area (Å²) in [6.07, 6.45) is 6.37. The van der Waals surface area contributed by atoms with Crippen LogP contribution in [0, 0.1) is 13.8 Å². The van der Waals surface area contributed by atoms with Gasteiger partial charge in [-0.05, 0) is 53.5 Å². The molecule has 0 aliphatic heterocycles. The highest BCUT2D eigenvalue weighted by Gasteiger charge is 2.23. The number of carbonyl (C=O) groups is 1. The molecule has 0 saturated heterocycles. The van der Waals surface area contributed by atoms with Crippen molar-refractivity contribution in [1.82, 2.24) is 9.88 Å². The molecule has 0 spiro atoms. The third kappa shape index (κ3) is 3.76. The quantitative estimate of drug-likeness (QED) is 0.852. The molecule has 1 aromatic rings. The van der Waals surface area contributed by atoms with E-state index in [9.17, 15) is 4.79 Å². The maximum Gasteiger partial charge on any atom is 0.178 e. The van der Waals surface area contributed by atoms with Gasteiger partial charge < -0.3 is 9.88 Å². The molecule has 0 bridgehead atoms. The van der Waals surface area contributed by atoms with Gasteiger partial charge in [-0.2, -0.15) is 0 Å². The molecule has 3 nitrogen and oxygen atoms in total. The molecule has 118 valence electrons. The van der Waals surface area contributed by atoms with Gasteiger partial charge in [0.05, 0.1) is 6.54 Å². The number of hydrogen-bond acceptors (Lipinski definition) is 2. The SMILES string of the molecule is Cc1cc(C(=O)CNC2CCCCC2)c(C)n1C(C)(C)C. The molecule has 1 aliphatic carbocycles. The number of carbonyl (C=O) groups excluding carboxylic acids is 1. The predicted octanol–water partition coefficient (Wildman–Crippen LogP) is 3.96. The van der Waals surface area contributed by atoms with Crippen molar-refractivity contribution in [1.29, 1.82) is 0 Å². The number of aryl methyl sites for hydroxylation is 1. The van der Waals surface area contributed by atoms with Crippen molar-refractivity contribution in [2.24, 2.45) is 0 Å². The lowest BCUT2D eigenvalue weighted by atomic mass is 9.95. The first-order valence-corrected chi connectivity index (χ1v) is 8.26. The molecule has 1 aromatic heterocycles. The molecule has 2 rings (SSSR count). The maximum atomic E-state index is 12.5. The number of Topliss-reactive ketones (excluding diaryl/α,β-unsaturated/α-hetero) is 1. The van der Waals surface area contributed by atoms with Gasteiger partial charge in [-0.3, -0.25) is 4.79 Å². The fraction of sp³-hybridized carbons (Fsp3) is 0.722. The highest BCUT2D eigenvalue weighted by Crippen LogP contribution is 2.25. The molecule has 0 unspecified atom stereocenters. The Kier molecular flexibility index (Phi) is 4.92. The van der Waals surface area contributed by atoms with Crippen LogP contribution in [-0.2, 0) is 5.54 Å². The molecular formula is C18H30N2O. The molecule has 1 fully saturated rings. The molecule has 0 radical (unpaired) electrons. The summed E-state index contributed by atoms with van der Waals surface area (Å²) < 4.78 is 2.26. The second-order valence-electron chi connectivity index (χ2n) is 7.43. The first-order valence-electron chi connectivity index (χ1n) is 8.26. The van der Waals surface area contributed by atoms with E-state index in [2.05, 4.69) is 44.5 Å². The number of rotatable bonds is 4. The number of ketones is 1. The summed E-state index contributed by atoms with van der Waals surface area (Å²) in [5.41, 5.74) is 3.16. The summed E-state index contributed by atoms with van der Waals surface area (Å²) in [5.74, 6) is 0.226. The Morgan fingerprint density at radius 2 is 1.86 bits per heavy atom. The molecule has 0 amide bonds. The zero-order valence-corrected chi connectivity index (χ0v) is 14.3. The topological polar surface area (TPSA) is 34.0 Å². The minimum atomic E-state index is 0.0174. The first-order chi connectivity index (χ1) is 9.80. The van der Waals surface area contributed by atoms with Crippen molar-refractivity contribution in [2.75, 3.05) is 6.54 Å². The van der Waals surface area contributed by atoms with E-state index in [0.717, 1.165) is 11.3 Å². The Morgan fingerprint density at radius 1 is 1.24 bits per heavy atom. The first kappa shape index (κ1) is 16.3. The van der Waals surface area contributed by atoms with Crippen LogP contribution in [0.5, 0.6) is 0 Å². The molecule has 1 N–H and O–H groups in total. The Balaban J connectivity index is 2.06. The average Bonchev–Trinajstić information content (AvgIpc) is 2.72.